The Kier molecular flexibility index (Phi) is 16.5. The Morgan fingerprint density at radius 2 is 1.58 bits per heavy atom. The minimum atomic E-state index is -4.83. The van der Waals surface area contributed by atoms with Crippen LogP contribution in [0.1, 0.15) is 97.0 Å². The van der Waals surface area contributed by atoms with E-state index in [0.717, 1.165) is 38.7 Å². The number of alkyl halides is 3. The molecule has 1 aromatic heterocycles. The fourth-order valence-corrected chi connectivity index (χ4v) is 11.0. The minimum Gasteiger partial charge on any atom is -0.491 e. The van der Waals surface area contributed by atoms with Crippen LogP contribution < -0.4 is 25.2 Å². The number of aliphatic hydroxyl groups is 1. The first kappa shape index (κ1) is 56.0. The van der Waals surface area contributed by atoms with Crippen molar-refractivity contribution in [2.75, 3.05) is 42.6 Å². The molecule has 3 saturated heterocycles. The number of ether oxygens (including phenoxy) is 2. The predicted octanol–water partition coefficient (Wildman–Crippen LogP) is 8.05. The van der Waals surface area contributed by atoms with Gasteiger partial charge in [0.1, 0.15) is 30.0 Å². The summed E-state index contributed by atoms with van der Waals surface area (Å²) in [5, 5.41) is 25.6. The number of aryl methyl sites for hydroxylation is 1. The molecule has 3 aliphatic heterocycles. The fourth-order valence-electron chi connectivity index (χ4n) is 9.69. The number of benzene rings is 4. The number of aliphatic hydroxyl groups excluding tert-OH is 1. The van der Waals surface area contributed by atoms with Crippen molar-refractivity contribution >= 4 is 69.6 Å². The predicted molar refractivity (Wildman–Crippen MR) is 287 cm³/mol. The van der Waals surface area contributed by atoms with Crippen LogP contribution in [0, 0.1) is 23.7 Å². The maximum Gasteiger partial charge on any atom is 0.417 e. The zero-order valence-corrected chi connectivity index (χ0v) is 45.0. The first-order chi connectivity index (χ1) is 36.5. The minimum absolute atomic E-state index is 0.0500. The first-order valence-electron chi connectivity index (χ1n) is 25.1. The number of rotatable bonds is 15. The van der Waals surface area contributed by atoms with Crippen molar-refractivity contribution in [2.24, 2.45) is 5.41 Å². The number of β-amino-alcohol motifs (C(OH)–C–C–N with tert-alkyl or cyclic N) is 1. The van der Waals surface area contributed by atoms with Gasteiger partial charge in [0.05, 0.1) is 57.8 Å². The van der Waals surface area contributed by atoms with E-state index in [4.69, 9.17) is 21.7 Å². The van der Waals surface area contributed by atoms with Crippen molar-refractivity contribution in [2.45, 2.75) is 103 Å². The summed E-state index contributed by atoms with van der Waals surface area (Å²) >= 11 is 7.21. The smallest absolute Gasteiger partial charge is 0.417 e. The van der Waals surface area contributed by atoms with E-state index >= 15 is 0 Å². The van der Waals surface area contributed by atoms with E-state index in [1.54, 1.807) is 90.2 Å². The number of hydrogen-bond acceptors (Lipinski definition) is 12. The van der Waals surface area contributed by atoms with Crippen molar-refractivity contribution in [1.82, 2.24) is 25.4 Å². The van der Waals surface area contributed by atoms with Gasteiger partial charge in [-0.05, 0) is 129 Å². The van der Waals surface area contributed by atoms with Gasteiger partial charge in [0.25, 0.3) is 17.7 Å². The van der Waals surface area contributed by atoms with Crippen molar-refractivity contribution in [3.05, 3.63) is 130 Å². The third-order valence-electron chi connectivity index (χ3n) is 14.0. The van der Waals surface area contributed by atoms with E-state index < -0.39 is 70.1 Å². The Morgan fingerprint density at radius 3 is 2.19 bits per heavy atom. The SMILES string of the molecule is Cc1ncsc1-c1ccc(CNC(=O)[C@@H]2C[C@@H](O)CN2C(=O)[C@@H](NC(=O)c2ccc(OCCOC3CCN(C(=O)c4ccc(N5C(=S)N(c6ccc(C#N)c(C(F)(F)F)c6)C(=O)C5(C)C)cc4)CC3)cc2)C(C)(C)C)cc1. The topological polar surface area (TPSA) is 198 Å². The van der Waals surface area contributed by atoms with Crippen LogP contribution in [0.15, 0.2) is 96.5 Å². The molecule has 4 heterocycles. The number of nitrogens with zero attached hydrogens (tertiary/aromatic N) is 6. The molecular formula is C56H59F3N8O8S2. The Bertz CT molecular complexity index is 3080. The lowest BCUT2D eigenvalue weighted by molar-refractivity contribution is -0.142. The van der Waals surface area contributed by atoms with Gasteiger partial charge in [-0.2, -0.15) is 18.4 Å². The molecule has 3 N–H and O–H groups in total. The highest BCUT2D eigenvalue weighted by atomic mass is 32.1. The van der Waals surface area contributed by atoms with Gasteiger partial charge in [-0.25, -0.2) is 4.98 Å². The largest absolute Gasteiger partial charge is 0.491 e. The summed E-state index contributed by atoms with van der Waals surface area (Å²) in [6.07, 6.45) is -4.62. The monoisotopic (exact) mass is 1090 g/mol. The number of piperidine rings is 1. The maximum absolute atomic E-state index is 14.2. The zero-order valence-electron chi connectivity index (χ0n) is 43.3. The second kappa shape index (κ2) is 22.8. The third kappa shape index (κ3) is 12.3. The summed E-state index contributed by atoms with van der Waals surface area (Å²) in [6.45, 7) is 12.2. The number of carbonyl (C=O) groups is 5. The zero-order chi connectivity index (χ0) is 55.6. The van der Waals surface area contributed by atoms with Crippen molar-refractivity contribution in [1.29, 1.82) is 5.26 Å². The van der Waals surface area contributed by atoms with E-state index in [-0.39, 0.29) is 61.1 Å². The lowest BCUT2D eigenvalue weighted by Crippen LogP contribution is -2.57. The average molecular weight is 1090 g/mol. The Balaban J connectivity index is 0.777. The number of likely N-dealkylation sites (tertiary alicyclic amines) is 2. The molecule has 0 radical (unpaired) electrons. The highest BCUT2D eigenvalue weighted by Crippen LogP contribution is 2.40. The van der Waals surface area contributed by atoms with E-state index in [1.165, 1.54) is 15.9 Å². The Hall–Kier alpha value is -7.25. The van der Waals surface area contributed by atoms with E-state index in [0.29, 0.717) is 42.9 Å². The molecule has 4 aromatic carbocycles. The van der Waals surface area contributed by atoms with Crippen molar-refractivity contribution in [3.63, 3.8) is 0 Å². The number of carbonyl (C=O) groups excluding carboxylic acids is 5. The summed E-state index contributed by atoms with van der Waals surface area (Å²) in [6, 6.07) is 23.4. The summed E-state index contributed by atoms with van der Waals surface area (Å²) in [7, 11) is 0. The molecule has 0 spiro atoms. The molecule has 404 valence electrons. The molecule has 3 fully saturated rings. The molecule has 0 unspecified atom stereocenters. The molecular weight excluding hydrogens is 1030 g/mol. The molecule has 0 bridgehead atoms. The summed E-state index contributed by atoms with van der Waals surface area (Å²) < 4.78 is 53.4. The van der Waals surface area contributed by atoms with Gasteiger partial charge >= 0.3 is 6.18 Å². The quantitative estimate of drug-likeness (QED) is 0.0675. The van der Waals surface area contributed by atoms with Gasteiger partial charge in [-0.3, -0.25) is 28.9 Å². The normalized spacial score (nSPS) is 18.3. The lowest BCUT2D eigenvalue weighted by atomic mass is 9.85. The van der Waals surface area contributed by atoms with E-state index in [1.807, 2.05) is 52.0 Å². The second-order valence-corrected chi connectivity index (χ2v) is 22.0. The van der Waals surface area contributed by atoms with E-state index in [2.05, 4.69) is 15.6 Å². The van der Waals surface area contributed by atoms with Gasteiger partial charge in [0.15, 0.2) is 5.11 Å². The van der Waals surface area contributed by atoms with Crippen LogP contribution in [0.4, 0.5) is 24.5 Å². The van der Waals surface area contributed by atoms with E-state index in [9.17, 15) is 47.5 Å². The van der Waals surface area contributed by atoms with Crippen molar-refractivity contribution in [3.8, 4) is 22.3 Å². The highest BCUT2D eigenvalue weighted by molar-refractivity contribution is 7.81. The molecule has 0 aliphatic carbocycles. The average Bonchev–Trinajstić information content (AvgIpc) is 4.25. The fraction of sp³-hybridized carbons (Fsp3) is 0.393. The maximum atomic E-state index is 14.2. The van der Waals surface area contributed by atoms with Gasteiger partial charge in [0, 0.05) is 49.4 Å². The molecule has 5 amide bonds. The molecule has 77 heavy (non-hydrogen) atoms. The number of anilines is 2. The molecule has 3 aliphatic rings. The van der Waals surface area contributed by atoms with Gasteiger partial charge < -0.3 is 39.9 Å². The molecule has 5 aromatic rings. The van der Waals surface area contributed by atoms with Crippen LogP contribution >= 0.6 is 23.6 Å². The summed E-state index contributed by atoms with van der Waals surface area (Å²) in [5.74, 6) is -1.63. The van der Waals surface area contributed by atoms with Crippen LogP contribution in [-0.4, -0.2) is 117 Å². The summed E-state index contributed by atoms with van der Waals surface area (Å²) in [4.78, 5) is 79.6. The standard InChI is InChI=1S/C56H59F3N8O8S2/c1-33-46(77-32-62-33)35-9-7-34(8-10-35)30-61-49(70)45-28-41(68)31-65(45)51(72)47(54(2,3)4)63-48(69)36-14-19-42(20-15-36)74-25-26-75-43-21-23-64(24-22-43)50(71)37-11-16-39(17-12-37)67-53(76)66(52(73)55(67,5)6)40-18-13-38(29-60)44(27-40)56(57,58)59/h7-20,27,32,41,43,45,47,68H,21-26,28,30-31H2,1-6H3,(H,61,70)(H,63,69)/t41-,45+,47-/m1/s1. The van der Waals surface area contributed by atoms with Crippen LogP contribution in [0.5, 0.6) is 5.75 Å². The summed E-state index contributed by atoms with van der Waals surface area (Å²) in [5.41, 5.74) is 1.87. The van der Waals surface area contributed by atoms with Gasteiger partial charge in [0.2, 0.25) is 11.8 Å². The first-order valence-corrected chi connectivity index (χ1v) is 26.4. The van der Waals surface area contributed by atoms with Gasteiger partial charge in [-0.1, -0.05) is 45.0 Å². The number of aromatic nitrogens is 1. The van der Waals surface area contributed by atoms with Crippen LogP contribution in [-0.2, 0) is 31.8 Å². The van der Waals surface area contributed by atoms with Crippen molar-refractivity contribution < 1.29 is 51.7 Å². The number of nitrogens with one attached hydrogen (secondary N) is 2. The molecule has 21 heteroatoms. The van der Waals surface area contributed by atoms with Crippen LogP contribution in [0.2, 0.25) is 0 Å². The molecule has 3 atom stereocenters. The number of nitriles is 1. The number of hydrogen-bond donors (Lipinski definition) is 3. The second-order valence-electron chi connectivity index (χ2n) is 20.8. The number of amides is 5. The van der Waals surface area contributed by atoms with Crippen LogP contribution in [0.25, 0.3) is 10.4 Å². The Labute approximate surface area is 453 Å². The Morgan fingerprint density at radius 1 is 0.935 bits per heavy atom. The molecule has 0 saturated carbocycles. The number of thiocarbonyl (C=S) groups is 1. The number of thiazole rings is 1. The molecule has 16 nitrogen and oxygen atoms in total. The lowest BCUT2D eigenvalue weighted by Gasteiger charge is -2.35. The highest BCUT2D eigenvalue weighted by Gasteiger charge is 2.51. The molecule has 8 rings (SSSR count). The number of halogens is 3. The van der Waals surface area contributed by atoms with Gasteiger partial charge in [-0.15, -0.1) is 11.3 Å². The van der Waals surface area contributed by atoms with Crippen LogP contribution in [0.3, 0.4) is 0 Å². The third-order valence-corrected chi connectivity index (χ3v) is 15.3.